The van der Waals surface area contributed by atoms with Gasteiger partial charge in [-0.05, 0) is 24.6 Å². The Kier molecular flexibility index (Phi) is 12.4. The van der Waals surface area contributed by atoms with Crippen LogP contribution in [-0.2, 0) is 0 Å². The zero-order chi connectivity index (χ0) is 13.1. The molecule has 6 heteroatoms. The molecule has 0 saturated heterocycles. The Morgan fingerprint density at radius 3 is 2.52 bits per heavy atom. The number of pyridine rings is 1. The third-order valence-corrected chi connectivity index (χ3v) is 3.26. The van der Waals surface area contributed by atoms with Gasteiger partial charge in [-0.15, -0.1) is 17.2 Å². The summed E-state index contributed by atoms with van der Waals surface area (Å²) in [6, 6.07) is 4.26. The van der Waals surface area contributed by atoms with E-state index in [2.05, 4.69) is 34.8 Å². The summed E-state index contributed by atoms with van der Waals surface area (Å²) < 4.78 is 0. The Morgan fingerprint density at radius 1 is 1.33 bits per heavy atom. The zero-order valence-corrected chi connectivity index (χ0v) is 19.8. The Morgan fingerprint density at radius 2 is 2.00 bits per heavy atom. The van der Waals surface area contributed by atoms with Crippen LogP contribution in [0.3, 0.4) is 0 Å². The standard InChI is InChI=1S/C14H12N4.CH3.2Pr/c1-9-3-14(18-7-11(9)4-15)13-8-17-6-12(5-16)10(13)2;;;/h8-9,14,18H,3H2,1-2H3;1H3;;/q-2;-1;;. The van der Waals surface area contributed by atoms with Gasteiger partial charge in [-0.2, -0.15) is 6.20 Å². The predicted octanol–water partition coefficient (Wildman–Crippen LogP) is 2.39. The fourth-order valence-electron chi connectivity index (χ4n) is 2.11. The maximum atomic E-state index is 8.97. The Balaban J connectivity index is 0. The molecule has 2 heterocycles. The van der Waals surface area contributed by atoms with Crippen molar-refractivity contribution in [3.8, 4) is 12.1 Å². The third-order valence-electron chi connectivity index (χ3n) is 3.26. The fraction of sp³-hybridized carbons (Fsp3) is 0.333. The second kappa shape index (κ2) is 11.0. The van der Waals surface area contributed by atoms with Crippen LogP contribution in [-0.4, -0.2) is 4.98 Å². The molecule has 0 fully saturated rings. The molecule has 2 radical (unpaired) electrons. The van der Waals surface area contributed by atoms with E-state index in [1.165, 1.54) is 0 Å². The molecule has 0 aromatic carbocycles. The largest absolute Gasteiger partial charge is 0.471 e. The van der Waals surface area contributed by atoms with Gasteiger partial charge in [-0.1, -0.05) is 31.2 Å². The van der Waals surface area contributed by atoms with E-state index in [0.29, 0.717) is 11.1 Å². The summed E-state index contributed by atoms with van der Waals surface area (Å²) in [5.74, 6) is 0.162. The second-order valence-electron chi connectivity index (χ2n) is 4.42. The maximum Gasteiger partial charge on any atom is 0.0199 e. The summed E-state index contributed by atoms with van der Waals surface area (Å²) in [6.45, 7) is 3.89. The first kappa shape index (κ1) is 23.7. The second-order valence-corrected chi connectivity index (χ2v) is 4.42. The van der Waals surface area contributed by atoms with E-state index in [4.69, 9.17) is 10.5 Å². The van der Waals surface area contributed by atoms with Crippen molar-refractivity contribution in [2.75, 3.05) is 0 Å². The first-order valence-electron chi connectivity index (χ1n) is 5.73. The van der Waals surface area contributed by atoms with E-state index in [9.17, 15) is 0 Å². The number of hydrogen-bond acceptors (Lipinski definition) is 4. The minimum atomic E-state index is 0. The van der Waals surface area contributed by atoms with Gasteiger partial charge in [0.05, 0.1) is 0 Å². The molecule has 2 unspecified atom stereocenters. The van der Waals surface area contributed by atoms with Crippen LogP contribution >= 0.6 is 0 Å². The van der Waals surface area contributed by atoms with E-state index in [1.54, 1.807) is 6.20 Å². The molecule has 104 valence electrons. The van der Waals surface area contributed by atoms with Crippen LogP contribution in [0.15, 0.2) is 11.8 Å². The average molecular weight is 533 g/mol. The fourth-order valence-corrected chi connectivity index (χ4v) is 2.11. The number of nitrogens with one attached hydrogen (secondary N) is 1. The molecular formula is C15H15N4Pr2-3. The molecule has 0 aliphatic carbocycles. The van der Waals surface area contributed by atoms with Crippen molar-refractivity contribution in [2.24, 2.45) is 5.92 Å². The van der Waals surface area contributed by atoms with Gasteiger partial charge in [0.2, 0.25) is 0 Å². The molecule has 1 N–H and O–H groups in total. The van der Waals surface area contributed by atoms with E-state index >= 15 is 0 Å². The molecule has 1 aromatic rings. The molecule has 1 aliphatic heterocycles. The van der Waals surface area contributed by atoms with Gasteiger partial charge < -0.3 is 23.0 Å². The molecule has 21 heavy (non-hydrogen) atoms. The smallest absolute Gasteiger partial charge is 0.0199 e. The number of rotatable bonds is 1. The van der Waals surface area contributed by atoms with Crippen LogP contribution < -0.4 is 5.32 Å². The molecule has 0 amide bonds. The zero-order valence-electron chi connectivity index (χ0n) is 12.4. The van der Waals surface area contributed by atoms with Crippen LogP contribution in [0.2, 0.25) is 0 Å². The van der Waals surface area contributed by atoms with E-state index in [1.807, 2.05) is 13.8 Å². The van der Waals surface area contributed by atoms with Gasteiger partial charge in [-0.3, -0.25) is 5.26 Å². The minimum absolute atomic E-state index is 0. The van der Waals surface area contributed by atoms with Crippen molar-refractivity contribution < 1.29 is 82.6 Å². The summed E-state index contributed by atoms with van der Waals surface area (Å²) in [6.07, 6.45) is 8.12. The minimum Gasteiger partial charge on any atom is -0.471 e. The summed E-state index contributed by atoms with van der Waals surface area (Å²) in [7, 11) is 0. The van der Waals surface area contributed by atoms with Crippen LogP contribution in [0.1, 0.15) is 36.1 Å². The van der Waals surface area contributed by atoms with Crippen LogP contribution in [0.4, 0.5) is 0 Å². The molecule has 4 nitrogen and oxygen atoms in total. The quantitative estimate of drug-likeness (QED) is 0.564. The SMILES string of the molecule is Cc1c(C#N)[c-]ncc1C1CC(C)C(C#N)=[C-]N1.[CH3-].[Pr].[Pr]. The Hall–Kier alpha value is 0.397. The van der Waals surface area contributed by atoms with Crippen molar-refractivity contribution in [1.82, 2.24) is 10.3 Å². The van der Waals surface area contributed by atoms with E-state index in [0.717, 1.165) is 17.5 Å². The molecule has 0 saturated carbocycles. The van der Waals surface area contributed by atoms with Crippen molar-refractivity contribution >= 4 is 0 Å². The Bertz CT molecular complexity index is 584. The summed E-state index contributed by atoms with van der Waals surface area (Å²) >= 11 is 0. The van der Waals surface area contributed by atoms with Crippen molar-refractivity contribution in [1.29, 1.82) is 10.5 Å². The first-order chi connectivity index (χ1) is 8.67. The predicted molar refractivity (Wildman–Crippen MR) is 71.0 cm³/mol. The molecular weight excluding hydrogens is 518 g/mol. The molecule has 2 atom stereocenters. The number of hydrogen-bond donors (Lipinski definition) is 1. The first-order valence-corrected chi connectivity index (χ1v) is 5.73. The normalized spacial score (nSPS) is 19.1. The maximum absolute atomic E-state index is 8.97. The number of nitriles is 2. The summed E-state index contributed by atoms with van der Waals surface area (Å²) in [4.78, 5) is 3.97. The van der Waals surface area contributed by atoms with Crippen LogP contribution in [0.25, 0.3) is 0 Å². The molecule has 1 aliphatic rings. The third kappa shape index (κ3) is 5.51. The topological polar surface area (TPSA) is 72.5 Å². The van der Waals surface area contributed by atoms with Gasteiger partial charge in [0.25, 0.3) is 0 Å². The van der Waals surface area contributed by atoms with Crippen LogP contribution in [0.5, 0.6) is 0 Å². The van der Waals surface area contributed by atoms with Gasteiger partial charge in [0, 0.05) is 88.6 Å². The molecule has 0 spiro atoms. The summed E-state index contributed by atoms with van der Waals surface area (Å²) in [5.41, 5.74) is 2.97. The monoisotopic (exact) mass is 533 g/mol. The number of nitrogens with zero attached hydrogens (tertiary/aromatic N) is 3. The van der Waals surface area contributed by atoms with E-state index < -0.39 is 0 Å². The van der Waals surface area contributed by atoms with Crippen LogP contribution in [0, 0.1) is 138 Å². The van der Waals surface area contributed by atoms with Gasteiger partial charge in [0.15, 0.2) is 0 Å². The average Bonchev–Trinajstić information content (AvgIpc) is 2.39. The molecule has 1 aromatic heterocycles. The van der Waals surface area contributed by atoms with E-state index in [-0.39, 0.29) is 102 Å². The Labute approximate surface area is 193 Å². The number of aromatic nitrogens is 1. The van der Waals surface area contributed by atoms with Crippen molar-refractivity contribution in [3.05, 3.63) is 48.3 Å². The molecule has 0 bridgehead atoms. The molecule has 2 rings (SSSR count). The van der Waals surface area contributed by atoms with Gasteiger partial charge in [-0.25, -0.2) is 0 Å². The van der Waals surface area contributed by atoms with Crippen molar-refractivity contribution in [2.45, 2.75) is 26.3 Å². The van der Waals surface area contributed by atoms with Gasteiger partial charge in [0.1, 0.15) is 0 Å². The van der Waals surface area contributed by atoms with Crippen molar-refractivity contribution in [3.63, 3.8) is 0 Å². The van der Waals surface area contributed by atoms with Gasteiger partial charge >= 0.3 is 0 Å². The summed E-state index contributed by atoms with van der Waals surface area (Å²) in [5, 5.41) is 21.0. The number of allylic oxidation sites excluding steroid dienone is 1.